The first-order chi connectivity index (χ1) is 8.29. The normalized spacial score (nSPS) is 21.1. The first-order valence-corrected chi connectivity index (χ1v) is 6.00. The van der Waals surface area contributed by atoms with Gasteiger partial charge >= 0.3 is 0 Å². The summed E-state index contributed by atoms with van der Waals surface area (Å²) in [5.74, 6) is -0.347. The van der Waals surface area contributed by atoms with E-state index in [2.05, 4.69) is 17.0 Å². The lowest BCUT2D eigenvalue weighted by atomic mass is 9.97. The molecule has 1 saturated heterocycles. The molecule has 0 bridgehead atoms. The predicted octanol–water partition coefficient (Wildman–Crippen LogP) is 1.40. The first-order valence-electron chi connectivity index (χ1n) is 6.00. The zero-order chi connectivity index (χ0) is 12.1. The molecule has 92 valence electrons. The van der Waals surface area contributed by atoms with Gasteiger partial charge in [-0.05, 0) is 24.9 Å². The zero-order valence-electron chi connectivity index (χ0n) is 9.80. The molecule has 1 fully saturated rings. The smallest absolute Gasteiger partial charge is 0.247 e. The van der Waals surface area contributed by atoms with Crippen LogP contribution in [0.1, 0.15) is 18.4 Å². The molecule has 0 aliphatic carbocycles. The van der Waals surface area contributed by atoms with Crippen molar-refractivity contribution in [3.63, 3.8) is 0 Å². The van der Waals surface area contributed by atoms with Gasteiger partial charge in [-0.15, -0.1) is 0 Å². The summed E-state index contributed by atoms with van der Waals surface area (Å²) in [6.45, 7) is 2.61. The largest absolute Gasteiger partial charge is 0.298 e. The number of carbonyl (C=O) groups is 1. The van der Waals surface area contributed by atoms with E-state index in [0.717, 1.165) is 32.5 Å². The summed E-state index contributed by atoms with van der Waals surface area (Å²) in [6, 6.07) is 10.2. The highest BCUT2D eigenvalue weighted by atomic mass is 16.5. The highest BCUT2D eigenvalue weighted by Crippen LogP contribution is 2.18. The van der Waals surface area contributed by atoms with Crippen LogP contribution in [0, 0.1) is 5.92 Å². The molecule has 1 unspecified atom stereocenters. The Balaban J connectivity index is 1.92. The third kappa shape index (κ3) is 3.28. The molecule has 2 N–H and O–H groups in total. The second kappa shape index (κ2) is 5.80. The third-order valence-corrected chi connectivity index (χ3v) is 3.24. The summed E-state index contributed by atoms with van der Waals surface area (Å²) in [4.78, 5) is 13.6. The number of carbonyl (C=O) groups excluding carboxylic acids is 1. The summed E-state index contributed by atoms with van der Waals surface area (Å²) >= 11 is 0. The maximum atomic E-state index is 11.4. The van der Waals surface area contributed by atoms with Gasteiger partial charge in [-0.1, -0.05) is 30.3 Å². The number of amides is 1. The lowest BCUT2D eigenvalue weighted by molar-refractivity contribution is -0.135. The van der Waals surface area contributed by atoms with Crippen molar-refractivity contribution in [3.05, 3.63) is 35.9 Å². The van der Waals surface area contributed by atoms with Crippen molar-refractivity contribution in [2.75, 3.05) is 13.1 Å². The van der Waals surface area contributed by atoms with Gasteiger partial charge in [0.05, 0.1) is 5.92 Å². The van der Waals surface area contributed by atoms with Gasteiger partial charge in [0, 0.05) is 13.1 Å². The number of piperidine rings is 1. The highest BCUT2D eigenvalue weighted by Gasteiger charge is 2.25. The SMILES string of the molecule is O=C(NO)C1CCCN(Cc2ccccc2)C1. The molecular weight excluding hydrogens is 216 g/mol. The standard InChI is InChI=1S/C13H18N2O2/c16-13(14-17)12-7-4-8-15(10-12)9-11-5-2-1-3-6-11/h1-3,5-6,12,17H,4,7-10H2,(H,14,16). The van der Waals surface area contributed by atoms with Gasteiger partial charge in [-0.25, -0.2) is 5.48 Å². The number of rotatable bonds is 3. The van der Waals surface area contributed by atoms with Gasteiger partial charge in [0.15, 0.2) is 0 Å². The Morgan fingerprint density at radius 2 is 2.18 bits per heavy atom. The molecule has 1 aromatic rings. The predicted molar refractivity (Wildman–Crippen MR) is 64.4 cm³/mol. The van der Waals surface area contributed by atoms with Crippen LogP contribution in [-0.4, -0.2) is 29.1 Å². The van der Waals surface area contributed by atoms with Gasteiger partial charge in [0.25, 0.3) is 0 Å². The minimum absolute atomic E-state index is 0.0857. The fourth-order valence-electron chi connectivity index (χ4n) is 2.35. The van der Waals surface area contributed by atoms with Crippen LogP contribution in [0.3, 0.4) is 0 Å². The van der Waals surface area contributed by atoms with E-state index >= 15 is 0 Å². The Bertz CT molecular complexity index is 367. The molecule has 0 aromatic heterocycles. The van der Waals surface area contributed by atoms with Gasteiger partial charge < -0.3 is 0 Å². The summed E-state index contributed by atoms with van der Waals surface area (Å²) < 4.78 is 0. The first kappa shape index (κ1) is 12.1. The molecule has 1 amide bonds. The van der Waals surface area contributed by atoms with E-state index in [0.29, 0.717) is 0 Å². The molecule has 0 saturated carbocycles. The van der Waals surface area contributed by atoms with Gasteiger partial charge in [-0.3, -0.25) is 14.9 Å². The van der Waals surface area contributed by atoms with E-state index in [-0.39, 0.29) is 11.8 Å². The summed E-state index contributed by atoms with van der Waals surface area (Å²) in [5, 5.41) is 8.64. The van der Waals surface area contributed by atoms with E-state index in [1.807, 2.05) is 18.2 Å². The Morgan fingerprint density at radius 3 is 2.88 bits per heavy atom. The number of likely N-dealkylation sites (tertiary alicyclic amines) is 1. The van der Waals surface area contributed by atoms with E-state index in [4.69, 9.17) is 5.21 Å². The number of hydrogen-bond donors (Lipinski definition) is 2. The van der Waals surface area contributed by atoms with Crippen LogP contribution in [0.5, 0.6) is 0 Å². The summed E-state index contributed by atoms with van der Waals surface area (Å²) in [7, 11) is 0. The second-order valence-corrected chi connectivity index (χ2v) is 4.54. The molecule has 17 heavy (non-hydrogen) atoms. The molecule has 1 aliphatic rings. The van der Waals surface area contributed by atoms with Crippen LogP contribution in [0.25, 0.3) is 0 Å². The van der Waals surface area contributed by atoms with Crippen molar-refractivity contribution in [3.8, 4) is 0 Å². The van der Waals surface area contributed by atoms with Crippen LogP contribution in [0.15, 0.2) is 30.3 Å². The van der Waals surface area contributed by atoms with Gasteiger partial charge in [0.2, 0.25) is 5.91 Å². The van der Waals surface area contributed by atoms with Crippen LogP contribution < -0.4 is 5.48 Å². The number of hydrogen-bond acceptors (Lipinski definition) is 3. The zero-order valence-corrected chi connectivity index (χ0v) is 9.80. The molecular formula is C13H18N2O2. The molecule has 2 rings (SSSR count). The molecule has 1 heterocycles. The maximum Gasteiger partial charge on any atom is 0.247 e. The average Bonchev–Trinajstić information content (AvgIpc) is 2.39. The van der Waals surface area contributed by atoms with Crippen molar-refractivity contribution in [2.24, 2.45) is 5.92 Å². The maximum absolute atomic E-state index is 11.4. The fraction of sp³-hybridized carbons (Fsp3) is 0.462. The van der Waals surface area contributed by atoms with E-state index in [9.17, 15) is 4.79 Å². The number of hydroxylamine groups is 1. The van der Waals surface area contributed by atoms with Crippen molar-refractivity contribution >= 4 is 5.91 Å². The van der Waals surface area contributed by atoms with Crippen LogP contribution in [0.4, 0.5) is 0 Å². The molecule has 4 nitrogen and oxygen atoms in total. The second-order valence-electron chi connectivity index (χ2n) is 4.54. The van der Waals surface area contributed by atoms with Crippen LogP contribution in [0.2, 0.25) is 0 Å². The van der Waals surface area contributed by atoms with Crippen LogP contribution >= 0.6 is 0 Å². The lowest BCUT2D eigenvalue weighted by Crippen LogP contribution is -2.41. The fourth-order valence-corrected chi connectivity index (χ4v) is 2.35. The molecule has 1 aliphatic heterocycles. The highest BCUT2D eigenvalue weighted by molar-refractivity contribution is 5.77. The quantitative estimate of drug-likeness (QED) is 0.614. The molecule has 1 atom stereocenters. The Labute approximate surface area is 101 Å². The van der Waals surface area contributed by atoms with Gasteiger partial charge in [-0.2, -0.15) is 0 Å². The van der Waals surface area contributed by atoms with E-state index < -0.39 is 0 Å². The third-order valence-electron chi connectivity index (χ3n) is 3.24. The van der Waals surface area contributed by atoms with Crippen molar-refractivity contribution in [2.45, 2.75) is 19.4 Å². The molecule has 1 aromatic carbocycles. The Kier molecular flexibility index (Phi) is 4.12. The van der Waals surface area contributed by atoms with Crippen LogP contribution in [-0.2, 0) is 11.3 Å². The Hall–Kier alpha value is -1.39. The monoisotopic (exact) mass is 234 g/mol. The average molecular weight is 234 g/mol. The topological polar surface area (TPSA) is 52.6 Å². The number of nitrogens with zero attached hydrogens (tertiary/aromatic N) is 1. The van der Waals surface area contributed by atoms with Crippen molar-refractivity contribution < 1.29 is 10.0 Å². The molecule has 4 heteroatoms. The Morgan fingerprint density at radius 1 is 1.41 bits per heavy atom. The molecule has 0 radical (unpaired) electrons. The van der Waals surface area contributed by atoms with E-state index in [1.54, 1.807) is 5.48 Å². The molecule has 0 spiro atoms. The van der Waals surface area contributed by atoms with E-state index in [1.165, 1.54) is 5.56 Å². The van der Waals surface area contributed by atoms with Crippen molar-refractivity contribution in [1.82, 2.24) is 10.4 Å². The van der Waals surface area contributed by atoms with Gasteiger partial charge in [0.1, 0.15) is 0 Å². The van der Waals surface area contributed by atoms with Crippen molar-refractivity contribution in [1.29, 1.82) is 0 Å². The minimum Gasteiger partial charge on any atom is -0.298 e. The number of benzene rings is 1. The summed E-state index contributed by atoms with van der Waals surface area (Å²) in [6.07, 6.45) is 1.86. The summed E-state index contributed by atoms with van der Waals surface area (Å²) in [5.41, 5.74) is 3.02. The minimum atomic E-state index is -0.261. The number of nitrogens with one attached hydrogen (secondary N) is 1. The lowest BCUT2D eigenvalue weighted by Gasteiger charge is -2.31.